The summed E-state index contributed by atoms with van der Waals surface area (Å²) in [5, 5.41) is 12.2. The second kappa shape index (κ2) is 12.9. The number of nitrogens with one attached hydrogen (secondary N) is 1. The maximum Gasteiger partial charge on any atom is 0.216 e. The fourth-order valence-corrected chi connectivity index (χ4v) is 4.74. The molecule has 0 saturated heterocycles. The van der Waals surface area contributed by atoms with E-state index in [1.54, 1.807) is 0 Å². The van der Waals surface area contributed by atoms with Gasteiger partial charge in [0.25, 0.3) is 0 Å². The fraction of sp³-hybridized carbons (Fsp3) is 0.241. The number of nitrogens with zero attached hydrogens (tertiary/aromatic N) is 3. The van der Waals surface area contributed by atoms with Crippen molar-refractivity contribution >= 4 is 23.5 Å². The SMILES string of the molecule is CCOc1ccc(-n2c(CCCNC(C)=O)nnc2SCC(=O)c2ccc(-c3ccccc3)cc2)cc1. The molecule has 0 aliphatic carbocycles. The van der Waals surface area contributed by atoms with Crippen LogP contribution in [0, 0.1) is 0 Å². The highest BCUT2D eigenvalue weighted by molar-refractivity contribution is 7.99. The van der Waals surface area contributed by atoms with Crippen molar-refractivity contribution in [3.8, 4) is 22.6 Å². The molecule has 0 saturated carbocycles. The molecule has 0 bridgehead atoms. The van der Waals surface area contributed by atoms with Crippen LogP contribution in [0.25, 0.3) is 16.8 Å². The van der Waals surface area contributed by atoms with Gasteiger partial charge in [0.15, 0.2) is 10.9 Å². The Balaban J connectivity index is 1.48. The van der Waals surface area contributed by atoms with E-state index < -0.39 is 0 Å². The van der Waals surface area contributed by atoms with Gasteiger partial charge in [0.1, 0.15) is 11.6 Å². The number of aryl methyl sites for hydroxylation is 1. The first-order valence-electron chi connectivity index (χ1n) is 12.3. The number of carbonyl (C=O) groups excluding carboxylic acids is 2. The maximum atomic E-state index is 13.0. The quantitative estimate of drug-likeness (QED) is 0.155. The van der Waals surface area contributed by atoms with Crippen molar-refractivity contribution in [3.63, 3.8) is 0 Å². The first kappa shape index (κ1) is 26.2. The number of ether oxygens (including phenoxy) is 1. The zero-order valence-corrected chi connectivity index (χ0v) is 21.8. The van der Waals surface area contributed by atoms with Crippen molar-refractivity contribution in [2.75, 3.05) is 18.9 Å². The van der Waals surface area contributed by atoms with Crippen LogP contribution < -0.4 is 10.1 Å². The van der Waals surface area contributed by atoms with Gasteiger partial charge in [0, 0.05) is 31.1 Å². The fourth-order valence-electron chi connectivity index (χ4n) is 3.88. The molecule has 190 valence electrons. The topological polar surface area (TPSA) is 86.1 Å². The Morgan fingerprint density at radius 2 is 1.62 bits per heavy atom. The Kier molecular flexibility index (Phi) is 9.10. The number of Topliss-reactive ketones (excluding diaryl/α,β-unsaturated/α-hetero) is 1. The van der Waals surface area contributed by atoms with E-state index in [-0.39, 0.29) is 17.4 Å². The lowest BCUT2D eigenvalue weighted by Gasteiger charge is -2.11. The molecule has 0 unspecified atom stereocenters. The summed E-state index contributed by atoms with van der Waals surface area (Å²) in [7, 11) is 0. The van der Waals surface area contributed by atoms with E-state index in [0.29, 0.717) is 30.3 Å². The molecule has 0 atom stereocenters. The lowest BCUT2D eigenvalue weighted by Crippen LogP contribution is -2.21. The molecule has 37 heavy (non-hydrogen) atoms. The Hall–Kier alpha value is -3.91. The first-order valence-corrected chi connectivity index (χ1v) is 13.3. The molecular formula is C29H30N4O3S. The lowest BCUT2D eigenvalue weighted by molar-refractivity contribution is -0.118. The van der Waals surface area contributed by atoms with Crippen LogP contribution >= 0.6 is 11.8 Å². The first-order chi connectivity index (χ1) is 18.0. The minimum Gasteiger partial charge on any atom is -0.494 e. The highest BCUT2D eigenvalue weighted by Gasteiger charge is 2.17. The van der Waals surface area contributed by atoms with Crippen molar-refractivity contribution < 1.29 is 14.3 Å². The minimum atomic E-state index is -0.0560. The van der Waals surface area contributed by atoms with E-state index in [9.17, 15) is 9.59 Å². The van der Waals surface area contributed by atoms with E-state index in [1.807, 2.05) is 90.4 Å². The lowest BCUT2D eigenvalue weighted by atomic mass is 10.0. The Bertz CT molecular complexity index is 1320. The van der Waals surface area contributed by atoms with Crippen LogP contribution in [0.1, 0.15) is 36.5 Å². The second-order valence-electron chi connectivity index (χ2n) is 8.40. The summed E-state index contributed by atoms with van der Waals surface area (Å²) in [5.74, 6) is 1.77. The van der Waals surface area contributed by atoms with Crippen molar-refractivity contribution in [1.82, 2.24) is 20.1 Å². The highest BCUT2D eigenvalue weighted by atomic mass is 32.2. The highest BCUT2D eigenvalue weighted by Crippen LogP contribution is 2.26. The van der Waals surface area contributed by atoms with E-state index in [2.05, 4.69) is 15.5 Å². The van der Waals surface area contributed by atoms with Gasteiger partial charge in [-0.1, -0.05) is 66.4 Å². The molecule has 0 radical (unpaired) electrons. The third-order valence-corrected chi connectivity index (χ3v) is 6.63. The zero-order chi connectivity index (χ0) is 26.0. The average molecular weight is 515 g/mol. The maximum absolute atomic E-state index is 13.0. The third-order valence-electron chi connectivity index (χ3n) is 5.70. The van der Waals surface area contributed by atoms with Crippen molar-refractivity contribution in [2.45, 2.75) is 31.8 Å². The summed E-state index contributed by atoms with van der Waals surface area (Å²) in [6, 6.07) is 25.5. The number of aromatic nitrogens is 3. The molecule has 1 aromatic heterocycles. The molecule has 7 nitrogen and oxygen atoms in total. The van der Waals surface area contributed by atoms with Gasteiger partial charge in [-0.05, 0) is 48.7 Å². The van der Waals surface area contributed by atoms with Gasteiger partial charge >= 0.3 is 0 Å². The molecule has 1 amide bonds. The number of rotatable bonds is 12. The molecule has 1 N–H and O–H groups in total. The molecule has 4 rings (SSSR count). The summed E-state index contributed by atoms with van der Waals surface area (Å²) < 4.78 is 7.55. The second-order valence-corrected chi connectivity index (χ2v) is 9.35. The monoisotopic (exact) mass is 514 g/mol. The molecule has 0 aliphatic heterocycles. The average Bonchev–Trinajstić information content (AvgIpc) is 3.33. The van der Waals surface area contributed by atoms with Crippen molar-refractivity contribution in [1.29, 1.82) is 0 Å². The number of benzene rings is 3. The number of amides is 1. The summed E-state index contributed by atoms with van der Waals surface area (Å²) in [4.78, 5) is 24.2. The number of carbonyl (C=O) groups is 2. The zero-order valence-electron chi connectivity index (χ0n) is 21.0. The molecular weight excluding hydrogens is 484 g/mol. The molecule has 8 heteroatoms. The van der Waals surface area contributed by atoms with Gasteiger partial charge in [-0.3, -0.25) is 14.2 Å². The van der Waals surface area contributed by atoms with Crippen LogP contribution in [-0.2, 0) is 11.2 Å². The Morgan fingerprint density at radius 3 is 2.30 bits per heavy atom. The predicted octanol–water partition coefficient (Wildman–Crippen LogP) is 5.38. The summed E-state index contributed by atoms with van der Waals surface area (Å²) >= 11 is 1.36. The third kappa shape index (κ3) is 7.07. The standard InChI is InChI=1S/C29H30N4O3S/c1-3-36-26-17-15-25(16-18-26)33-28(10-7-19-30-21(2)34)31-32-29(33)37-20-27(35)24-13-11-23(12-14-24)22-8-5-4-6-9-22/h4-6,8-9,11-18H,3,7,10,19-20H2,1-2H3,(H,30,34). The normalized spacial score (nSPS) is 10.8. The van der Waals surface area contributed by atoms with Crippen LogP contribution in [0.15, 0.2) is 84.0 Å². The molecule has 3 aromatic carbocycles. The molecule has 4 aromatic rings. The van der Waals surface area contributed by atoms with Gasteiger partial charge in [-0.2, -0.15) is 0 Å². The van der Waals surface area contributed by atoms with Crippen LogP contribution in [-0.4, -0.2) is 45.4 Å². The van der Waals surface area contributed by atoms with Gasteiger partial charge in [-0.15, -0.1) is 10.2 Å². The predicted molar refractivity (Wildman–Crippen MR) is 146 cm³/mol. The summed E-state index contributed by atoms with van der Waals surface area (Å²) in [6.07, 6.45) is 1.36. The van der Waals surface area contributed by atoms with E-state index >= 15 is 0 Å². The van der Waals surface area contributed by atoms with Crippen LogP contribution in [0.4, 0.5) is 0 Å². The molecule has 0 spiro atoms. The van der Waals surface area contributed by atoms with Gasteiger partial charge in [0.05, 0.1) is 12.4 Å². The Morgan fingerprint density at radius 1 is 0.919 bits per heavy atom. The van der Waals surface area contributed by atoms with Crippen molar-refractivity contribution in [2.24, 2.45) is 0 Å². The Labute approximate surface area is 221 Å². The van der Waals surface area contributed by atoms with Gasteiger partial charge in [0.2, 0.25) is 5.91 Å². The summed E-state index contributed by atoms with van der Waals surface area (Å²) in [5.41, 5.74) is 3.74. The number of ketones is 1. The molecule has 1 heterocycles. The molecule has 0 aliphatic rings. The van der Waals surface area contributed by atoms with Crippen molar-refractivity contribution in [3.05, 3.63) is 90.3 Å². The van der Waals surface area contributed by atoms with Crippen LogP contribution in [0.3, 0.4) is 0 Å². The number of hydrogen-bond donors (Lipinski definition) is 1. The minimum absolute atomic E-state index is 0.0260. The summed E-state index contributed by atoms with van der Waals surface area (Å²) in [6.45, 7) is 4.60. The van der Waals surface area contributed by atoms with E-state index in [1.165, 1.54) is 18.7 Å². The number of hydrogen-bond acceptors (Lipinski definition) is 6. The smallest absolute Gasteiger partial charge is 0.216 e. The van der Waals surface area contributed by atoms with Crippen LogP contribution in [0.2, 0.25) is 0 Å². The van der Waals surface area contributed by atoms with Crippen LogP contribution in [0.5, 0.6) is 5.75 Å². The largest absolute Gasteiger partial charge is 0.494 e. The van der Waals surface area contributed by atoms with E-state index in [4.69, 9.17) is 4.74 Å². The number of thioether (sulfide) groups is 1. The van der Waals surface area contributed by atoms with Gasteiger partial charge in [-0.25, -0.2) is 0 Å². The molecule has 0 fully saturated rings. The van der Waals surface area contributed by atoms with Gasteiger partial charge < -0.3 is 10.1 Å². The van der Waals surface area contributed by atoms with E-state index in [0.717, 1.165) is 34.8 Å².